The Morgan fingerprint density at radius 3 is 2.60 bits per heavy atom. The van der Waals surface area contributed by atoms with Gasteiger partial charge in [0.2, 0.25) is 5.91 Å². The van der Waals surface area contributed by atoms with E-state index in [1.807, 2.05) is 24.3 Å². The highest BCUT2D eigenvalue weighted by molar-refractivity contribution is 5.94. The van der Waals surface area contributed by atoms with Crippen molar-refractivity contribution in [1.82, 2.24) is 20.8 Å². The number of carbonyl (C=O) groups is 2. The minimum absolute atomic E-state index is 0.0562. The first-order chi connectivity index (χ1) is 16.7. The highest BCUT2D eigenvalue weighted by Crippen LogP contribution is 2.21. The number of nitrogens with one attached hydrogen (secondary N) is 3. The second-order valence-corrected chi connectivity index (χ2v) is 7.87. The summed E-state index contributed by atoms with van der Waals surface area (Å²) in [4.78, 5) is 27.4. The Bertz CT molecular complexity index is 1230. The largest absolute Gasteiger partial charge is 0.399 e. The first-order valence-corrected chi connectivity index (χ1v) is 10.6. The number of hydrazine groups is 1. The number of aliphatic hydroxyl groups is 1. The van der Waals surface area contributed by atoms with E-state index in [0.717, 1.165) is 39.7 Å². The minimum atomic E-state index is -1.20. The second-order valence-electron chi connectivity index (χ2n) is 7.87. The zero-order valence-corrected chi connectivity index (χ0v) is 18.5. The van der Waals surface area contributed by atoms with Crippen LogP contribution in [0, 0.1) is 11.6 Å². The van der Waals surface area contributed by atoms with Crippen molar-refractivity contribution in [1.29, 1.82) is 0 Å². The molecule has 0 spiro atoms. The summed E-state index contributed by atoms with van der Waals surface area (Å²) in [5, 5.41) is 23.2. The van der Waals surface area contributed by atoms with Gasteiger partial charge in [0.05, 0.1) is 30.8 Å². The lowest BCUT2D eigenvalue weighted by Gasteiger charge is -2.27. The summed E-state index contributed by atoms with van der Waals surface area (Å²) in [6, 6.07) is 8.39. The number of hydrogen-bond acceptors (Lipinski definition) is 7. The van der Waals surface area contributed by atoms with Crippen LogP contribution in [0.1, 0.15) is 22.3 Å². The molecule has 0 aliphatic rings. The summed E-state index contributed by atoms with van der Waals surface area (Å²) in [7, 11) is 0. The van der Waals surface area contributed by atoms with E-state index < -0.39 is 42.1 Å². The number of carbonyl (C=O) groups excluding carboxylic acids is 2. The molecular formula is C23H26F2N6O4. The van der Waals surface area contributed by atoms with Gasteiger partial charge in [0.1, 0.15) is 0 Å². The third-order valence-electron chi connectivity index (χ3n) is 5.47. The minimum Gasteiger partial charge on any atom is -0.399 e. The van der Waals surface area contributed by atoms with Gasteiger partial charge in [0.15, 0.2) is 11.6 Å². The Kier molecular flexibility index (Phi) is 8.36. The molecule has 2 amide bonds. The molecule has 3 aromatic rings. The molecule has 0 saturated carbocycles. The summed E-state index contributed by atoms with van der Waals surface area (Å²) < 4.78 is 26.6. The number of hydroxylamine groups is 1. The van der Waals surface area contributed by atoms with E-state index in [1.54, 1.807) is 11.7 Å². The van der Waals surface area contributed by atoms with Crippen LogP contribution in [-0.2, 0) is 11.2 Å². The maximum absolute atomic E-state index is 13.4. The van der Waals surface area contributed by atoms with Crippen LogP contribution in [0.15, 0.2) is 60.6 Å². The van der Waals surface area contributed by atoms with Gasteiger partial charge >= 0.3 is 0 Å². The second kappa shape index (κ2) is 11.4. The van der Waals surface area contributed by atoms with E-state index in [-0.39, 0.29) is 17.7 Å². The summed E-state index contributed by atoms with van der Waals surface area (Å²) in [6.07, 6.45) is 3.13. The van der Waals surface area contributed by atoms with Crippen molar-refractivity contribution in [2.24, 2.45) is 11.6 Å². The summed E-state index contributed by atoms with van der Waals surface area (Å²) in [5.74, 6) is 2.40. The van der Waals surface area contributed by atoms with Crippen LogP contribution in [-0.4, -0.2) is 50.8 Å². The number of H-pyrrole nitrogens is 1. The Labute approximate surface area is 199 Å². The number of nitrogens with two attached hydrogens (primary N) is 2. The van der Waals surface area contributed by atoms with Gasteiger partial charge in [-0.2, -0.15) is 0 Å². The standard InChI is InChI=1S/C23H26F2N6O4/c24-17-6-5-13(8-18(17)25)23(34)29-21(12-32)19(26)11-31(27)15(9-22(33)30-35)7-14-10-28-20-4-2-1-3-16(14)20/h1-6,8,10-11,15,21,28,32,35H,7,9,12,26-27H2,(H,29,34)(H,30,33)/b19-11-. The maximum Gasteiger partial charge on any atom is 0.252 e. The number of rotatable bonds is 10. The highest BCUT2D eigenvalue weighted by atomic mass is 19.2. The number of aliphatic hydroxyl groups excluding tert-OH is 1. The summed E-state index contributed by atoms with van der Waals surface area (Å²) in [6.45, 7) is -0.615. The molecule has 35 heavy (non-hydrogen) atoms. The maximum atomic E-state index is 13.4. The van der Waals surface area contributed by atoms with Crippen LogP contribution in [0.5, 0.6) is 0 Å². The average molecular weight is 488 g/mol. The van der Waals surface area contributed by atoms with Gasteiger partial charge in [-0.25, -0.2) is 20.1 Å². The fraction of sp³-hybridized carbons (Fsp3) is 0.217. The van der Waals surface area contributed by atoms with E-state index in [1.165, 1.54) is 6.20 Å². The van der Waals surface area contributed by atoms with Crippen molar-refractivity contribution < 1.29 is 28.7 Å². The number of aromatic amines is 1. The van der Waals surface area contributed by atoms with Crippen molar-refractivity contribution in [3.8, 4) is 0 Å². The van der Waals surface area contributed by atoms with Gasteiger partial charge in [0.25, 0.3) is 5.91 Å². The fourth-order valence-corrected chi connectivity index (χ4v) is 3.58. The molecule has 9 N–H and O–H groups in total. The topological polar surface area (TPSA) is 170 Å². The normalized spacial score (nSPS) is 13.3. The Morgan fingerprint density at radius 2 is 1.91 bits per heavy atom. The molecule has 12 heteroatoms. The predicted octanol–water partition coefficient (Wildman–Crippen LogP) is 1.02. The molecule has 10 nitrogen and oxygen atoms in total. The molecule has 0 aliphatic carbocycles. The van der Waals surface area contributed by atoms with Crippen molar-refractivity contribution in [2.45, 2.75) is 24.9 Å². The molecule has 3 rings (SSSR count). The van der Waals surface area contributed by atoms with Crippen LogP contribution in [0.3, 0.4) is 0 Å². The van der Waals surface area contributed by atoms with Crippen LogP contribution in [0.4, 0.5) is 8.78 Å². The number of para-hydroxylation sites is 1. The van der Waals surface area contributed by atoms with Crippen LogP contribution < -0.4 is 22.4 Å². The van der Waals surface area contributed by atoms with Gasteiger partial charge in [-0.05, 0) is 36.2 Å². The van der Waals surface area contributed by atoms with E-state index >= 15 is 0 Å². The lowest BCUT2D eigenvalue weighted by molar-refractivity contribution is -0.130. The van der Waals surface area contributed by atoms with Crippen molar-refractivity contribution >= 4 is 22.7 Å². The van der Waals surface area contributed by atoms with Gasteiger partial charge in [-0.15, -0.1) is 0 Å². The zero-order valence-electron chi connectivity index (χ0n) is 18.5. The molecule has 0 fully saturated rings. The predicted molar refractivity (Wildman–Crippen MR) is 123 cm³/mol. The molecule has 2 aromatic carbocycles. The lowest BCUT2D eigenvalue weighted by atomic mass is 10.0. The first-order valence-electron chi connectivity index (χ1n) is 10.6. The number of fused-ring (bicyclic) bond motifs is 1. The van der Waals surface area contributed by atoms with Crippen LogP contribution >= 0.6 is 0 Å². The Hall–Kier alpha value is -4.00. The quantitative estimate of drug-likeness (QED) is 0.127. The summed E-state index contributed by atoms with van der Waals surface area (Å²) >= 11 is 0. The monoisotopic (exact) mass is 488 g/mol. The Balaban J connectivity index is 1.78. The number of aromatic nitrogens is 1. The molecule has 2 atom stereocenters. The molecule has 1 heterocycles. The van der Waals surface area contributed by atoms with E-state index in [0.29, 0.717) is 6.42 Å². The van der Waals surface area contributed by atoms with E-state index in [2.05, 4.69) is 10.3 Å². The van der Waals surface area contributed by atoms with Crippen LogP contribution in [0.2, 0.25) is 0 Å². The molecule has 0 aliphatic heterocycles. The average Bonchev–Trinajstić information content (AvgIpc) is 3.26. The van der Waals surface area contributed by atoms with Crippen molar-refractivity contribution in [2.75, 3.05) is 6.61 Å². The number of nitrogens with zero attached hydrogens (tertiary/aromatic N) is 1. The number of hydrogen-bond donors (Lipinski definition) is 7. The molecule has 186 valence electrons. The third kappa shape index (κ3) is 6.32. The molecule has 0 saturated heterocycles. The van der Waals surface area contributed by atoms with Crippen molar-refractivity contribution in [3.05, 3.63) is 83.3 Å². The molecule has 1 aromatic heterocycles. The van der Waals surface area contributed by atoms with Gasteiger partial charge < -0.3 is 26.1 Å². The number of halogens is 2. The number of amides is 2. The molecule has 2 unspecified atom stereocenters. The van der Waals surface area contributed by atoms with Gasteiger partial charge in [0, 0.05) is 28.9 Å². The zero-order chi connectivity index (χ0) is 25.5. The fourth-order valence-electron chi connectivity index (χ4n) is 3.58. The lowest BCUT2D eigenvalue weighted by Crippen LogP contribution is -2.45. The SMILES string of the molecule is N/C(=C\N(N)C(CC(=O)NO)Cc1c[nH]c2ccccc12)C(CO)NC(=O)c1ccc(F)c(F)c1. The Morgan fingerprint density at radius 1 is 1.17 bits per heavy atom. The highest BCUT2D eigenvalue weighted by Gasteiger charge is 2.22. The third-order valence-corrected chi connectivity index (χ3v) is 5.47. The number of benzene rings is 2. The molecular weight excluding hydrogens is 462 g/mol. The van der Waals surface area contributed by atoms with E-state index in [4.69, 9.17) is 16.8 Å². The molecule has 0 bridgehead atoms. The van der Waals surface area contributed by atoms with Gasteiger partial charge in [-0.3, -0.25) is 14.8 Å². The van der Waals surface area contributed by atoms with Crippen LogP contribution in [0.25, 0.3) is 10.9 Å². The molecule has 0 radical (unpaired) electrons. The van der Waals surface area contributed by atoms with Crippen molar-refractivity contribution in [3.63, 3.8) is 0 Å². The smallest absolute Gasteiger partial charge is 0.252 e. The summed E-state index contributed by atoms with van der Waals surface area (Å²) in [5.41, 5.74) is 9.16. The first kappa shape index (κ1) is 25.6. The van der Waals surface area contributed by atoms with Gasteiger partial charge in [-0.1, -0.05) is 18.2 Å². The van der Waals surface area contributed by atoms with E-state index in [9.17, 15) is 23.5 Å².